The first kappa shape index (κ1) is 81.6. The summed E-state index contributed by atoms with van der Waals surface area (Å²) in [5.74, 6) is -0.232. The van der Waals surface area contributed by atoms with Crippen LogP contribution in [0.3, 0.4) is 0 Å². The molecule has 2 aliphatic heterocycles. The average molecular weight is 1240 g/mol. The molecule has 2 fully saturated rings. The zero-order chi connectivity index (χ0) is 63.1. The minimum atomic E-state index is -1.79. The second-order valence-electron chi connectivity index (χ2n) is 26.4. The standard InChI is InChI=1S/C73H139NO13/c1-3-5-7-9-11-13-15-17-19-21-22-23-24-25-26-27-28-29-30-31-32-33-34-35-36-37-38-39-40-41-43-45-47-49-51-53-55-57-65(78)74-61(62(77)56-54-52-50-48-46-44-42-20-18-16-14-12-10-8-6-4-2)60-84-72-70(83)68(81)71(64(59-76)86-72)87-73-69(82)67(80)66(79)63(58-75)85-73/h21-22,54,56,61-64,66-73,75-77,79-83H,3-20,23-53,55,57-60H2,1-2H3,(H,74,78)/b22-21-,56-54+. The fourth-order valence-electron chi connectivity index (χ4n) is 12.5. The van der Waals surface area contributed by atoms with Gasteiger partial charge in [0.1, 0.15) is 48.8 Å². The fourth-order valence-corrected chi connectivity index (χ4v) is 12.5. The van der Waals surface area contributed by atoms with Gasteiger partial charge in [0.25, 0.3) is 0 Å². The molecule has 2 aliphatic rings. The molecule has 14 heteroatoms. The molecule has 1 amide bonds. The molecule has 0 radical (unpaired) electrons. The van der Waals surface area contributed by atoms with Gasteiger partial charge < -0.3 is 65.1 Å². The molecule has 0 saturated carbocycles. The van der Waals surface area contributed by atoms with Gasteiger partial charge in [-0.2, -0.15) is 0 Å². The maximum atomic E-state index is 13.3. The van der Waals surface area contributed by atoms with Crippen LogP contribution in [-0.2, 0) is 23.7 Å². The zero-order valence-corrected chi connectivity index (χ0v) is 56.0. The number of carbonyl (C=O) groups is 1. The van der Waals surface area contributed by atoms with Crippen molar-refractivity contribution in [2.45, 2.75) is 415 Å². The third-order valence-corrected chi connectivity index (χ3v) is 18.4. The number of rotatable bonds is 62. The van der Waals surface area contributed by atoms with Gasteiger partial charge in [-0.25, -0.2) is 0 Å². The highest BCUT2D eigenvalue weighted by molar-refractivity contribution is 5.76. The van der Waals surface area contributed by atoms with E-state index in [1.54, 1.807) is 6.08 Å². The van der Waals surface area contributed by atoms with E-state index in [0.29, 0.717) is 6.42 Å². The molecule has 514 valence electrons. The third kappa shape index (κ3) is 42.4. The van der Waals surface area contributed by atoms with Gasteiger partial charge in [-0.1, -0.05) is 314 Å². The van der Waals surface area contributed by atoms with Crippen molar-refractivity contribution in [2.75, 3.05) is 19.8 Å². The van der Waals surface area contributed by atoms with Crippen molar-refractivity contribution in [3.05, 3.63) is 24.3 Å². The Balaban J connectivity index is 1.57. The monoisotopic (exact) mass is 1240 g/mol. The van der Waals surface area contributed by atoms with Crippen molar-refractivity contribution in [1.82, 2.24) is 5.32 Å². The molecule has 0 aliphatic carbocycles. The van der Waals surface area contributed by atoms with Crippen molar-refractivity contribution >= 4 is 5.91 Å². The van der Waals surface area contributed by atoms with Crippen LogP contribution < -0.4 is 5.32 Å². The molecule has 2 rings (SSSR count). The predicted molar refractivity (Wildman–Crippen MR) is 355 cm³/mol. The van der Waals surface area contributed by atoms with Crippen molar-refractivity contribution in [3.63, 3.8) is 0 Å². The molecular formula is C73H139NO13. The lowest BCUT2D eigenvalue weighted by molar-refractivity contribution is -0.359. The summed E-state index contributed by atoms with van der Waals surface area (Å²) in [6, 6.07) is -0.912. The second kappa shape index (κ2) is 58.3. The summed E-state index contributed by atoms with van der Waals surface area (Å²) in [7, 11) is 0. The van der Waals surface area contributed by atoms with Crippen LogP contribution in [0.1, 0.15) is 341 Å². The molecular weight excluding hydrogens is 1100 g/mol. The molecule has 9 N–H and O–H groups in total. The first-order valence-electron chi connectivity index (χ1n) is 37.1. The minimum absolute atomic E-state index is 0.232. The summed E-state index contributed by atoms with van der Waals surface area (Å²) in [5.41, 5.74) is 0. The van der Waals surface area contributed by atoms with Gasteiger partial charge in [0.15, 0.2) is 12.6 Å². The van der Waals surface area contributed by atoms with Crippen LogP contribution in [-0.4, -0.2) is 140 Å². The van der Waals surface area contributed by atoms with E-state index >= 15 is 0 Å². The Morgan fingerprint density at radius 1 is 0.402 bits per heavy atom. The van der Waals surface area contributed by atoms with Gasteiger partial charge in [-0.3, -0.25) is 4.79 Å². The highest BCUT2D eigenvalue weighted by Crippen LogP contribution is 2.30. The lowest BCUT2D eigenvalue weighted by Crippen LogP contribution is -2.65. The topological polar surface area (TPSA) is 228 Å². The normalized spacial score (nSPS) is 23.3. The van der Waals surface area contributed by atoms with Gasteiger partial charge in [0.05, 0.1) is 32.0 Å². The molecule has 0 bridgehead atoms. The summed E-state index contributed by atoms with van der Waals surface area (Å²) in [6.45, 7) is 2.84. The van der Waals surface area contributed by atoms with E-state index in [9.17, 15) is 45.6 Å². The zero-order valence-electron chi connectivity index (χ0n) is 56.0. The molecule has 2 heterocycles. The number of ether oxygens (including phenoxy) is 4. The smallest absolute Gasteiger partial charge is 0.220 e. The van der Waals surface area contributed by atoms with E-state index in [0.717, 1.165) is 38.5 Å². The summed E-state index contributed by atoms with van der Waals surface area (Å²) >= 11 is 0. The molecule has 12 unspecified atom stereocenters. The van der Waals surface area contributed by atoms with Gasteiger partial charge in [0.2, 0.25) is 5.91 Å². The van der Waals surface area contributed by atoms with Crippen LogP contribution >= 0.6 is 0 Å². The van der Waals surface area contributed by atoms with Gasteiger partial charge in [-0.15, -0.1) is 0 Å². The van der Waals surface area contributed by atoms with Crippen molar-refractivity contribution in [1.29, 1.82) is 0 Å². The largest absolute Gasteiger partial charge is 0.394 e. The lowest BCUT2D eigenvalue weighted by Gasteiger charge is -2.46. The Labute approximate surface area is 532 Å². The van der Waals surface area contributed by atoms with Crippen molar-refractivity contribution < 1.29 is 64.6 Å². The number of hydrogen-bond acceptors (Lipinski definition) is 13. The van der Waals surface area contributed by atoms with Gasteiger partial charge in [0, 0.05) is 6.42 Å². The quantitative estimate of drug-likeness (QED) is 0.0204. The third-order valence-electron chi connectivity index (χ3n) is 18.4. The maximum Gasteiger partial charge on any atom is 0.220 e. The summed E-state index contributed by atoms with van der Waals surface area (Å²) < 4.78 is 22.9. The van der Waals surface area contributed by atoms with Crippen LogP contribution in [0.25, 0.3) is 0 Å². The highest BCUT2D eigenvalue weighted by Gasteiger charge is 2.51. The Morgan fingerprint density at radius 3 is 1.09 bits per heavy atom. The number of aliphatic hydroxyl groups is 8. The Kier molecular flexibility index (Phi) is 54.7. The van der Waals surface area contributed by atoms with Crippen LogP contribution in [0, 0.1) is 0 Å². The van der Waals surface area contributed by atoms with Crippen LogP contribution in [0.5, 0.6) is 0 Å². The molecule has 12 atom stereocenters. The van der Waals surface area contributed by atoms with E-state index in [-0.39, 0.29) is 18.9 Å². The molecule has 0 aromatic heterocycles. The van der Waals surface area contributed by atoms with Crippen molar-refractivity contribution in [2.24, 2.45) is 0 Å². The minimum Gasteiger partial charge on any atom is -0.394 e. The first-order chi connectivity index (χ1) is 42.6. The SMILES string of the molecule is CCCCCCCCCC/C=C\CCCCCCCCCCCCCCCCCCCCCCCCCCCC(=O)NC(COC1OC(CO)C(OC2OC(CO)C(O)C(O)C2O)C(O)C1O)C(O)/C=C/CCCCCCCCCCCCCCCC. The average Bonchev–Trinajstić information content (AvgIpc) is 2.36. The van der Waals surface area contributed by atoms with E-state index in [1.165, 1.54) is 276 Å². The second-order valence-corrected chi connectivity index (χ2v) is 26.4. The van der Waals surface area contributed by atoms with Gasteiger partial charge in [-0.05, 0) is 44.9 Å². The summed E-state index contributed by atoms with van der Waals surface area (Å²) in [5, 5.41) is 87.4. The number of amides is 1. The van der Waals surface area contributed by atoms with Crippen LogP contribution in [0.2, 0.25) is 0 Å². The molecule has 2 saturated heterocycles. The number of nitrogens with one attached hydrogen (secondary N) is 1. The molecule has 0 spiro atoms. The van der Waals surface area contributed by atoms with Crippen LogP contribution in [0.15, 0.2) is 24.3 Å². The summed E-state index contributed by atoms with van der Waals surface area (Å²) in [6.07, 6.45) is 56.9. The van der Waals surface area contributed by atoms with E-state index in [2.05, 4.69) is 31.3 Å². The number of carbonyl (C=O) groups excluding carboxylic acids is 1. The Bertz CT molecular complexity index is 1550. The number of aliphatic hydroxyl groups excluding tert-OH is 8. The van der Waals surface area contributed by atoms with E-state index < -0.39 is 86.8 Å². The summed E-state index contributed by atoms with van der Waals surface area (Å²) in [4.78, 5) is 13.3. The highest BCUT2D eigenvalue weighted by atomic mass is 16.7. The Hall–Kier alpha value is -1.53. The van der Waals surface area contributed by atoms with Crippen LogP contribution in [0.4, 0.5) is 0 Å². The van der Waals surface area contributed by atoms with Crippen molar-refractivity contribution in [3.8, 4) is 0 Å². The number of unbranched alkanes of at least 4 members (excludes halogenated alkanes) is 47. The van der Waals surface area contributed by atoms with E-state index in [4.69, 9.17) is 18.9 Å². The predicted octanol–water partition coefficient (Wildman–Crippen LogP) is 15.5. The van der Waals surface area contributed by atoms with E-state index in [1.807, 2.05) is 6.08 Å². The number of hydrogen-bond donors (Lipinski definition) is 9. The van der Waals surface area contributed by atoms with Gasteiger partial charge >= 0.3 is 0 Å². The number of allylic oxidation sites excluding steroid dienone is 3. The molecule has 87 heavy (non-hydrogen) atoms. The fraction of sp³-hybridized carbons (Fsp3) is 0.932. The maximum absolute atomic E-state index is 13.3. The first-order valence-corrected chi connectivity index (χ1v) is 37.1. The molecule has 0 aromatic rings. The lowest BCUT2D eigenvalue weighted by atomic mass is 9.97. The molecule has 0 aromatic carbocycles. The molecule has 14 nitrogen and oxygen atoms in total. The Morgan fingerprint density at radius 2 is 0.724 bits per heavy atom.